The third-order valence-electron chi connectivity index (χ3n) is 6.32. The smallest absolute Gasteiger partial charge is 0.416 e. The summed E-state index contributed by atoms with van der Waals surface area (Å²) in [7, 11) is 0. The molecule has 0 N–H and O–H groups in total. The second-order valence-electron chi connectivity index (χ2n) is 9.43. The fourth-order valence-electron chi connectivity index (χ4n) is 4.01. The minimum absolute atomic E-state index is 0.0544. The van der Waals surface area contributed by atoms with Crippen molar-refractivity contribution in [3.63, 3.8) is 0 Å². The van der Waals surface area contributed by atoms with Gasteiger partial charge in [0.05, 0.1) is 17.6 Å². The Bertz CT molecular complexity index is 1070. The van der Waals surface area contributed by atoms with Gasteiger partial charge in [0.1, 0.15) is 0 Å². The molecule has 1 fully saturated rings. The maximum absolute atomic E-state index is 13.9. The number of nitrogens with zero attached hydrogens (tertiary/aromatic N) is 1. The van der Waals surface area contributed by atoms with Crippen molar-refractivity contribution in [2.45, 2.75) is 65.6 Å². The molecule has 2 aromatic rings. The fourth-order valence-corrected chi connectivity index (χ4v) is 4.01. The molecule has 184 valence electrons. The summed E-state index contributed by atoms with van der Waals surface area (Å²) in [6, 6.07) is 9.29. The first-order valence-electron chi connectivity index (χ1n) is 11.7. The van der Waals surface area contributed by atoms with Gasteiger partial charge in [0, 0.05) is 19.0 Å². The molecule has 34 heavy (non-hydrogen) atoms. The van der Waals surface area contributed by atoms with Crippen molar-refractivity contribution >= 4 is 11.9 Å². The molecule has 0 radical (unpaired) electrons. The quantitative estimate of drug-likeness (QED) is 0.422. The molecule has 0 saturated heterocycles. The lowest BCUT2D eigenvalue weighted by Crippen LogP contribution is -2.32. The second-order valence-corrected chi connectivity index (χ2v) is 9.43. The second kappa shape index (κ2) is 9.80. The van der Waals surface area contributed by atoms with Gasteiger partial charge in [-0.2, -0.15) is 13.2 Å². The average Bonchev–Trinajstić information content (AvgIpc) is 3.62. The Balaban J connectivity index is 2.13. The van der Waals surface area contributed by atoms with Crippen molar-refractivity contribution in [1.82, 2.24) is 4.90 Å². The summed E-state index contributed by atoms with van der Waals surface area (Å²) in [6.45, 7) is 9.57. The van der Waals surface area contributed by atoms with Gasteiger partial charge in [-0.25, -0.2) is 0 Å². The lowest BCUT2D eigenvalue weighted by molar-refractivity contribution is -0.149. The summed E-state index contributed by atoms with van der Waals surface area (Å²) >= 11 is 0. The highest BCUT2D eigenvalue weighted by Gasteiger charge is 2.37. The minimum atomic E-state index is -4.59. The third-order valence-corrected chi connectivity index (χ3v) is 6.32. The summed E-state index contributed by atoms with van der Waals surface area (Å²) < 4.78 is 46.7. The summed E-state index contributed by atoms with van der Waals surface area (Å²) in [5, 5.41) is 0. The number of alkyl halides is 3. The van der Waals surface area contributed by atoms with E-state index < -0.39 is 23.1 Å². The zero-order chi connectivity index (χ0) is 25.3. The Morgan fingerprint density at radius 1 is 1.03 bits per heavy atom. The highest BCUT2D eigenvalue weighted by atomic mass is 19.4. The number of amides is 1. The van der Waals surface area contributed by atoms with Gasteiger partial charge >= 0.3 is 12.1 Å². The molecular weight excluding hydrogens is 443 g/mol. The van der Waals surface area contributed by atoms with E-state index in [0.717, 1.165) is 36.1 Å². The first-order chi connectivity index (χ1) is 15.9. The van der Waals surface area contributed by atoms with Gasteiger partial charge in [-0.05, 0) is 87.9 Å². The van der Waals surface area contributed by atoms with E-state index in [4.69, 9.17) is 4.74 Å². The zero-order valence-corrected chi connectivity index (χ0v) is 20.4. The number of esters is 1. The van der Waals surface area contributed by atoms with Crippen LogP contribution in [0.15, 0.2) is 36.4 Å². The number of ether oxygens (including phenoxy) is 1. The minimum Gasteiger partial charge on any atom is -0.465 e. The molecule has 7 heteroatoms. The maximum Gasteiger partial charge on any atom is 0.416 e. The van der Waals surface area contributed by atoms with E-state index >= 15 is 0 Å². The molecule has 0 bridgehead atoms. The van der Waals surface area contributed by atoms with Gasteiger partial charge < -0.3 is 9.64 Å². The molecule has 1 aliphatic carbocycles. The molecule has 0 heterocycles. The van der Waals surface area contributed by atoms with Gasteiger partial charge in [0.25, 0.3) is 0 Å². The third kappa shape index (κ3) is 5.62. The van der Waals surface area contributed by atoms with Crippen LogP contribution in [0, 0.1) is 12.8 Å². The van der Waals surface area contributed by atoms with E-state index in [-0.39, 0.29) is 24.0 Å². The van der Waals surface area contributed by atoms with E-state index in [2.05, 4.69) is 0 Å². The van der Waals surface area contributed by atoms with Crippen molar-refractivity contribution in [2.75, 3.05) is 13.2 Å². The van der Waals surface area contributed by atoms with Crippen LogP contribution in [0.25, 0.3) is 11.1 Å². The summed E-state index contributed by atoms with van der Waals surface area (Å²) in [4.78, 5) is 27.0. The van der Waals surface area contributed by atoms with Crippen LogP contribution in [0.1, 0.15) is 62.8 Å². The number of carbonyl (C=O) groups is 2. The lowest BCUT2D eigenvalue weighted by atomic mass is 9.81. The topological polar surface area (TPSA) is 46.6 Å². The lowest BCUT2D eigenvalue weighted by Gasteiger charge is -2.26. The molecule has 0 aliphatic heterocycles. The summed E-state index contributed by atoms with van der Waals surface area (Å²) in [5.74, 6) is -0.446. The van der Waals surface area contributed by atoms with Gasteiger partial charge in [-0.1, -0.05) is 23.8 Å². The van der Waals surface area contributed by atoms with Crippen molar-refractivity contribution in [1.29, 1.82) is 0 Å². The number of hydrogen-bond donors (Lipinski definition) is 0. The fraction of sp³-hybridized carbons (Fsp3) is 0.481. The number of hydrogen-bond acceptors (Lipinski definition) is 3. The van der Waals surface area contributed by atoms with Crippen LogP contribution < -0.4 is 0 Å². The number of halogens is 3. The molecule has 1 saturated carbocycles. The average molecular weight is 476 g/mol. The van der Waals surface area contributed by atoms with E-state index in [9.17, 15) is 22.8 Å². The van der Waals surface area contributed by atoms with Crippen molar-refractivity contribution in [3.8, 4) is 11.1 Å². The maximum atomic E-state index is 13.9. The highest BCUT2D eigenvalue weighted by Crippen LogP contribution is 2.39. The molecule has 0 spiro atoms. The SMILES string of the molecule is CCOC(=O)C(C)(C)c1cc(-c2ccc(C)cc2CN(CC)C(=O)C2CC2)cc(C(F)(F)F)c1. The van der Waals surface area contributed by atoms with Gasteiger partial charge in [-0.15, -0.1) is 0 Å². The Labute approximate surface area is 199 Å². The molecule has 3 rings (SSSR count). The number of rotatable bonds is 8. The Morgan fingerprint density at radius 3 is 2.24 bits per heavy atom. The van der Waals surface area contributed by atoms with Crippen molar-refractivity contribution < 1.29 is 27.5 Å². The number of aryl methyl sites for hydroxylation is 1. The largest absolute Gasteiger partial charge is 0.465 e. The summed E-state index contributed by atoms with van der Waals surface area (Å²) in [6.07, 6.45) is -2.82. The molecular formula is C27H32F3NO3. The van der Waals surface area contributed by atoms with Crippen LogP contribution in [-0.2, 0) is 32.5 Å². The molecule has 4 nitrogen and oxygen atoms in total. The Kier molecular flexibility index (Phi) is 7.44. The van der Waals surface area contributed by atoms with E-state index in [0.29, 0.717) is 24.2 Å². The monoisotopic (exact) mass is 475 g/mol. The number of carbonyl (C=O) groups excluding carboxylic acids is 2. The predicted molar refractivity (Wildman–Crippen MR) is 125 cm³/mol. The number of benzene rings is 2. The zero-order valence-electron chi connectivity index (χ0n) is 20.4. The van der Waals surface area contributed by atoms with Gasteiger partial charge in [-0.3, -0.25) is 9.59 Å². The van der Waals surface area contributed by atoms with Crippen LogP contribution in [0.2, 0.25) is 0 Å². The van der Waals surface area contributed by atoms with Crippen LogP contribution in [0.3, 0.4) is 0 Å². The first kappa shape index (κ1) is 25.8. The van der Waals surface area contributed by atoms with Crippen molar-refractivity contribution in [2.24, 2.45) is 5.92 Å². The highest BCUT2D eigenvalue weighted by molar-refractivity contribution is 5.84. The normalized spacial score (nSPS) is 14.1. The van der Waals surface area contributed by atoms with E-state index in [1.54, 1.807) is 37.8 Å². The molecule has 0 unspecified atom stereocenters. The molecule has 0 aromatic heterocycles. The van der Waals surface area contributed by atoms with Crippen LogP contribution in [-0.4, -0.2) is 29.9 Å². The van der Waals surface area contributed by atoms with E-state index in [1.807, 2.05) is 26.0 Å². The molecule has 1 aliphatic rings. The standard InChI is InChI=1S/C27H32F3NO3/c1-6-31(24(32)18-9-10-18)16-20-12-17(3)8-11-23(20)19-13-21(15-22(14-19)27(28,29)30)26(4,5)25(33)34-7-2/h8,11-15,18H,6-7,9-10,16H2,1-5H3. The predicted octanol–water partition coefficient (Wildman–Crippen LogP) is 6.28. The molecule has 1 amide bonds. The van der Waals surface area contributed by atoms with E-state index in [1.165, 1.54) is 0 Å². The first-order valence-corrected chi connectivity index (χ1v) is 11.7. The summed E-state index contributed by atoms with van der Waals surface area (Å²) in [5.41, 5.74) is 0.817. The molecule has 2 aromatic carbocycles. The molecule has 0 atom stereocenters. The Morgan fingerprint density at radius 2 is 1.68 bits per heavy atom. The Hall–Kier alpha value is -2.83. The van der Waals surface area contributed by atoms with Crippen LogP contribution in [0.4, 0.5) is 13.2 Å². The van der Waals surface area contributed by atoms with Crippen molar-refractivity contribution in [3.05, 3.63) is 58.7 Å². The van der Waals surface area contributed by atoms with Gasteiger partial charge in [0.2, 0.25) is 5.91 Å². The van der Waals surface area contributed by atoms with Crippen LogP contribution in [0.5, 0.6) is 0 Å². The van der Waals surface area contributed by atoms with Crippen LogP contribution >= 0.6 is 0 Å². The van der Waals surface area contributed by atoms with Gasteiger partial charge in [0.15, 0.2) is 0 Å².